The van der Waals surface area contributed by atoms with Gasteiger partial charge in [-0.05, 0) is 30.7 Å². The largest absolute Gasteiger partial charge is 0.329 e. The maximum absolute atomic E-state index is 12.8. The first-order valence-electron chi connectivity index (χ1n) is 9.31. The van der Waals surface area contributed by atoms with Gasteiger partial charge in [-0.25, -0.2) is 4.79 Å². The number of nitrogens with zero attached hydrogens (tertiary/aromatic N) is 2. The Labute approximate surface area is 162 Å². The second-order valence-corrected chi connectivity index (χ2v) is 6.56. The summed E-state index contributed by atoms with van der Waals surface area (Å²) in [4.78, 5) is 25.5. The zero-order valence-electron chi connectivity index (χ0n) is 15.6. The maximum Gasteiger partial charge on any atom is 0.329 e. The molecule has 0 fully saturated rings. The predicted octanol–water partition coefficient (Wildman–Crippen LogP) is 4.13. The van der Waals surface area contributed by atoms with Crippen molar-refractivity contribution < 1.29 is 4.79 Å². The summed E-state index contributed by atoms with van der Waals surface area (Å²) in [5.41, 5.74) is 4.13. The van der Waals surface area contributed by atoms with E-state index in [1.54, 1.807) is 4.57 Å². The van der Waals surface area contributed by atoms with Gasteiger partial charge < -0.3 is 5.32 Å². The van der Waals surface area contributed by atoms with Gasteiger partial charge in [0.2, 0.25) is 5.91 Å². The quantitative estimate of drug-likeness (QED) is 0.573. The van der Waals surface area contributed by atoms with E-state index in [-0.39, 0.29) is 18.1 Å². The lowest BCUT2D eigenvalue weighted by molar-refractivity contribution is -0.116. The molecular formula is C23H21N3O2. The molecule has 1 heterocycles. The van der Waals surface area contributed by atoms with Crippen LogP contribution < -0.4 is 11.0 Å². The fraction of sp³-hybridized carbons (Fsp3) is 0.130. The summed E-state index contributed by atoms with van der Waals surface area (Å²) in [6.45, 7) is 2.45. The minimum Gasteiger partial charge on any atom is -0.324 e. The molecule has 0 aliphatic heterocycles. The number of rotatable bonds is 5. The molecule has 1 amide bonds. The van der Waals surface area contributed by atoms with Gasteiger partial charge in [0.1, 0.15) is 6.54 Å². The lowest BCUT2D eigenvalue weighted by Gasteiger charge is -2.11. The minimum absolute atomic E-state index is 0.0323. The SMILES string of the molecule is CCn1c(=O)n(CC(=O)Nc2ccccc2-c2ccccc2)c2ccccc21. The minimum atomic E-state index is -0.232. The average molecular weight is 371 g/mol. The lowest BCUT2D eigenvalue weighted by atomic mass is 10.0. The van der Waals surface area contributed by atoms with Gasteiger partial charge in [0, 0.05) is 17.8 Å². The van der Waals surface area contributed by atoms with Crippen molar-refractivity contribution in [1.82, 2.24) is 9.13 Å². The van der Waals surface area contributed by atoms with E-state index in [2.05, 4.69) is 5.32 Å². The Morgan fingerprint density at radius 2 is 1.43 bits per heavy atom. The molecular weight excluding hydrogens is 350 g/mol. The number of carbonyl (C=O) groups is 1. The number of carbonyl (C=O) groups excluding carboxylic acids is 1. The Balaban J connectivity index is 1.65. The summed E-state index contributed by atoms with van der Waals surface area (Å²) < 4.78 is 3.21. The molecule has 0 unspecified atom stereocenters. The van der Waals surface area contributed by atoms with Crippen LogP contribution in [0.25, 0.3) is 22.2 Å². The number of benzene rings is 3. The molecule has 1 N–H and O–H groups in total. The highest BCUT2D eigenvalue weighted by Crippen LogP contribution is 2.27. The Bertz CT molecular complexity index is 1190. The van der Waals surface area contributed by atoms with Crippen molar-refractivity contribution in [1.29, 1.82) is 0 Å². The van der Waals surface area contributed by atoms with Gasteiger partial charge in [-0.1, -0.05) is 60.7 Å². The van der Waals surface area contributed by atoms with E-state index in [9.17, 15) is 9.59 Å². The molecule has 0 atom stereocenters. The van der Waals surface area contributed by atoms with Gasteiger partial charge in [0.05, 0.1) is 11.0 Å². The van der Waals surface area contributed by atoms with Gasteiger partial charge in [0.15, 0.2) is 0 Å². The first-order valence-corrected chi connectivity index (χ1v) is 9.31. The number of nitrogens with one attached hydrogen (secondary N) is 1. The molecule has 0 saturated carbocycles. The fourth-order valence-corrected chi connectivity index (χ4v) is 3.53. The maximum atomic E-state index is 12.8. The van der Waals surface area contributed by atoms with E-state index in [0.717, 1.165) is 27.8 Å². The number of aromatic nitrogens is 2. The summed E-state index contributed by atoms with van der Waals surface area (Å²) in [6, 6.07) is 25.1. The summed E-state index contributed by atoms with van der Waals surface area (Å²) in [5, 5.41) is 2.97. The van der Waals surface area contributed by atoms with Crippen molar-refractivity contribution in [3.05, 3.63) is 89.3 Å². The van der Waals surface area contributed by atoms with Crippen LogP contribution >= 0.6 is 0 Å². The molecule has 0 spiro atoms. The molecule has 4 aromatic rings. The second-order valence-electron chi connectivity index (χ2n) is 6.56. The normalized spacial score (nSPS) is 10.9. The van der Waals surface area contributed by atoms with Crippen molar-refractivity contribution in [2.24, 2.45) is 0 Å². The average Bonchev–Trinajstić information content (AvgIpc) is 3.00. The van der Waals surface area contributed by atoms with Crippen LogP contribution in [0.4, 0.5) is 5.69 Å². The third-order valence-electron chi connectivity index (χ3n) is 4.83. The van der Waals surface area contributed by atoms with Crippen LogP contribution in [0.15, 0.2) is 83.7 Å². The van der Waals surface area contributed by atoms with Crippen LogP contribution in [0.2, 0.25) is 0 Å². The number of aryl methyl sites for hydroxylation is 1. The number of hydrogen-bond acceptors (Lipinski definition) is 2. The highest BCUT2D eigenvalue weighted by atomic mass is 16.2. The first kappa shape index (κ1) is 17.8. The monoisotopic (exact) mass is 371 g/mol. The first-order chi connectivity index (χ1) is 13.7. The number of imidazole rings is 1. The number of para-hydroxylation sites is 3. The van der Waals surface area contributed by atoms with Crippen molar-refractivity contribution in [3.8, 4) is 11.1 Å². The van der Waals surface area contributed by atoms with E-state index in [1.807, 2.05) is 85.8 Å². The molecule has 1 aromatic heterocycles. The Kier molecular flexibility index (Phi) is 4.81. The van der Waals surface area contributed by atoms with Crippen molar-refractivity contribution in [2.75, 3.05) is 5.32 Å². The van der Waals surface area contributed by atoms with Crippen molar-refractivity contribution in [3.63, 3.8) is 0 Å². The van der Waals surface area contributed by atoms with Crippen molar-refractivity contribution >= 4 is 22.6 Å². The standard InChI is InChI=1S/C23H21N3O2/c1-2-25-20-14-8-9-15-21(20)26(23(25)28)16-22(27)24-19-13-7-6-12-18(19)17-10-4-3-5-11-17/h3-15H,2,16H2,1H3,(H,24,27). The summed E-state index contributed by atoms with van der Waals surface area (Å²) >= 11 is 0. The predicted molar refractivity (Wildman–Crippen MR) is 112 cm³/mol. The van der Waals surface area contributed by atoms with E-state index in [1.165, 1.54) is 4.57 Å². The molecule has 3 aromatic carbocycles. The van der Waals surface area contributed by atoms with Crippen LogP contribution in [0.1, 0.15) is 6.92 Å². The smallest absolute Gasteiger partial charge is 0.324 e. The number of anilines is 1. The summed E-state index contributed by atoms with van der Waals surface area (Å²) in [5.74, 6) is -0.232. The number of fused-ring (bicyclic) bond motifs is 1. The molecule has 0 bridgehead atoms. The Morgan fingerprint density at radius 3 is 2.14 bits per heavy atom. The van der Waals surface area contributed by atoms with E-state index in [4.69, 9.17) is 0 Å². The Morgan fingerprint density at radius 1 is 0.821 bits per heavy atom. The van der Waals surface area contributed by atoms with Gasteiger partial charge in [-0.3, -0.25) is 13.9 Å². The molecule has 0 saturated heterocycles. The second kappa shape index (κ2) is 7.56. The van der Waals surface area contributed by atoms with Gasteiger partial charge in [-0.15, -0.1) is 0 Å². The van der Waals surface area contributed by atoms with Crippen LogP contribution in [0.3, 0.4) is 0 Å². The van der Waals surface area contributed by atoms with E-state index in [0.29, 0.717) is 6.54 Å². The molecule has 28 heavy (non-hydrogen) atoms. The summed E-state index contributed by atoms with van der Waals surface area (Å²) in [6.07, 6.45) is 0. The molecule has 4 rings (SSSR count). The molecule has 0 radical (unpaired) electrons. The molecule has 140 valence electrons. The van der Waals surface area contributed by atoms with Gasteiger partial charge >= 0.3 is 5.69 Å². The van der Waals surface area contributed by atoms with E-state index >= 15 is 0 Å². The third-order valence-corrected chi connectivity index (χ3v) is 4.83. The van der Waals surface area contributed by atoms with Crippen LogP contribution in [-0.4, -0.2) is 15.0 Å². The molecule has 5 heteroatoms. The summed E-state index contributed by atoms with van der Waals surface area (Å²) in [7, 11) is 0. The van der Waals surface area contributed by atoms with Crippen molar-refractivity contribution in [2.45, 2.75) is 20.0 Å². The zero-order chi connectivity index (χ0) is 19.5. The molecule has 0 aliphatic rings. The van der Waals surface area contributed by atoms with Crippen LogP contribution in [-0.2, 0) is 17.9 Å². The Hall–Kier alpha value is -3.60. The fourth-order valence-electron chi connectivity index (χ4n) is 3.53. The van der Waals surface area contributed by atoms with Gasteiger partial charge in [0.25, 0.3) is 0 Å². The lowest BCUT2D eigenvalue weighted by Crippen LogP contribution is -2.29. The zero-order valence-corrected chi connectivity index (χ0v) is 15.6. The van der Waals surface area contributed by atoms with Gasteiger partial charge in [-0.2, -0.15) is 0 Å². The number of amides is 1. The topological polar surface area (TPSA) is 56.0 Å². The third kappa shape index (κ3) is 3.22. The molecule has 0 aliphatic carbocycles. The van der Waals surface area contributed by atoms with Crippen LogP contribution in [0.5, 0.6) is 0 Å². The van der Waals surface area contributed by atoms with E-state index < -0.39 is 0 Å². The molecule has 5 nitrogen and oxygen atoms in total. The highest BCUT2D eigenvalue weighted by molar-refractivity contribution is 5.96. The highest BCUT2D eigenvalue weighted by Gasteiger charge is 2.15. The number of hydrogen-bond donors (Lipinski definition) is 1. The van der Waals surface area contributed by atoms with Crippen LogP contribution in [0, 0.1) is 0 Å².